The molecule has 3 N–H and O–H groups in total. The zero-order valence-corrected chi connectivity index (χ0v) is 31.1. The number of hydrogen-bond acceptors (Lipinski definition) is 7. The molecule has 7 aromatic rings. The second-order valence-electron chi connectivity index (χ2n) is 14.9. The quantitative estimate of drug-likeness (QED) is 0.108. The minimum Gasteiger partial charge on any atom is -0.387 e. The summed E-state index contributed by atoms with van der Waals surface area (Å²) in [5.74, 6) is 0.864. The summed E-state index contributed by atoms with van der Waals surface area (Å²) in [6.45, 7) is 3.50. The lowest BCUT2D eigenvalue weighted by Gasteiger charge is -2.46. The smallest absolute Gasteiger partial charge is 0.184 e. The molecule has 9 rings (SSSR count). The fourth-order valence-electron chi connectivity index (χ4n) is 8.35. The van der Waals surface area contributed by atoms with Gasteiger partial charge in [-0.3, -0.25) is 4.57 Å². The number of anilines is 1. The van der Waals surface area contributed by atoms with Gasteiger partial charge in [-0.2, -0.15) is 0 Å². The van der Waals surface area contributed by atoms with Crippen molar-refractivity contribution in [2.75, 3.05) is 11.9 Å². The molecule has 6 atom stereocenters. The van der Waals surface area contributed by atoms with Crippen LogP contribution in [0.2, 0.25) is 0 Å². The van der Waals surface area contributed by atoms with Crippen LogP contribution < -0.4 is 5.32 Å². The molecule has 2 aliphatic rings. The summed E-state index contributed by atoms with van der Waals surface area (Å²) in [6, 6.07) is 41.3. The maximum atomic E-state index is 11.1. The van der Waals surface area contributed by atoms with Crippen LogP contribution in [-0.2, 0) is 20.8 Å². The molecule has 0 spiro atoms. The molecule has 2 saturated heterocycles. The van der Waals surface area contributed by atoms with Gasteiger partial charge in [0.15, 0.2) is 12.5 Å². The number of aliphatic hydroxyl groups is 2. The van der Waals surface area contributed by atoms with Crippen LogP contribution in [0.3, 0.4) is 0 Å². The molecular formula is C46H48N4O5. The molecule has 5 aromatic carbocycles. The van der Waals surface area contributed by atoms with Gasteiger partial charge < -0.3 is 34.3 Å². The van der Waals surface area contributed by atoms with E-state index in [1.807, 2.05) is 66.7 Å². The first-order chi connectivity index (χ1) is 27.1. The number of para-hydroxylation sites is 3. The number of benzene rings is 5. The monoisotopic (exact) mass is 736 g/mol. The third kappa shape index (κ3) is 6.92. The number of nitrogens with one attached hydrogen (secondary N) is 1. The van der Waals surface area contributed by atoms with Crippen molar-refractivity contribution in [3.05, 3.63) is 127 Å². The number of fused-ring (bicyclic) bond motifs is 5. The molecule has 0 saturated carbocycles. The first-order valence-corrected chi connectivity index (χ1v) is 19.8. The molecule has 9 heteroatoms. The Kier molecular flexibility index (Phi) is 10.1. The van der Waals surface area contributed by atoms with Gasteiger partial charge in [-0.25, -0.2) is 4.98 Å². The van der Waals surface area contributed by atoms with Crippen molar-refractivity contribution in [3.8, 4) is 17.1 Å². The number of imidazole rings is 1. The lowest BCUT2D eigenvalue weighted by Crippen LogP contribution is -2.63. The largest absolute Gasteiger partial charge is 0.387 e. The highest BCUT2D eigenvalue weighted by Gasteiger charge is 2.48. The van der Waals surface area contributed by atoms with Crippen LogP contribution in [0.1, 0.15) is 57.3 Å². The topological polar surface area (TPSA) is 103 Å². The lowest BCUT2D eigenvalue weighted by atomic mass is 9.97. The molecule has 0 aliphatic carbocycles. The Hall–Kier alpha value is -5.03. The summed E-state index contributed by atoms with van der Waals surface area (Å²) in [4.78, 5) is 5.17. The highest BCUT2D eigenvalue weighted by molar-refractivity contribution is 6.09. The molecule has 4 heterocycles. The number of nitrogens with zero attached hydrogens (tertiary/aromatic N) is 3. The van der Waals surface area contributed by atoms with Crippen LogP contribution in [0.4, 0.5) is 5.69 Å². The van der Waals surface area contributed by atoms with Gasteiger partial charge in [0.1, 0.15) is 30.2 Å². The Labute approximate surface area is 321 Å². The molecule has 9 nitrogen and oxygen atoms in total. The van der Waals surface area contributed by atoms with Gasteiger partial charge >= 0.3 is 0 Å². The molecule has 0 bridgehead atoms. The van der Waals surface area contributed by atoms with Crippen molar-refractivity contribution in [1.29, 1.82) is 0 Å². The predicted molar refractivity (Wildman–Crippen MR) is 217 cm³/mol. The SMILES string of the molecule is CCCCCCCCn1c2ccccc2c2cc(-c3nc4ccccc4n3-c3ccc(N[C@@H]4O[C@@H]5COC(c6ccccc6)O[C@H]5[C@H](O)[C@H]4O)cc3)ccc21. The van der Waals surface area contributed by atoms with E-state index < -0.39 is 36.9 Å². The van der Waals surface area contributed by atoms with Crippen LogP contribution in [-0.4, -0.2) is 61.6 Å². The van der Waals surface area contributed by atoms with Gasteiger partial charge in [-0.15, -0.1) is 0 Å². The normalized spacial score (nSPS) is 22.7. The van der Waals surface area contributed by atoms with E-state index in [9.17, 15) is 10.2 Å². The standard InChI is InChI=1S/C46H48N4O5/c1-2-3-4-5-6-14-27-49-37-19-12-10-17-34(37)35-28-31(21-26-38(35)49)44-48-36-18-11-13-20-39(36)50(44)33-24-22-32(23-25-33)47-45-42(52)41(51)43-40(54-45)29-53-46(55-43)30-15-8-7-9-16-30/h7-13,15-26,28,40-43,45-47,51-52H,2-6,14,27,29H2,1H3/t40-,41-,42-,43-,45-,46?/m1/s1. The summed E-state index contributed by atoms with van der Waals surface area (Å²) in [6.07, 6.45) is 2.48. The number of hydrogen-bond donors (Lipinski definition) is 3. The fraction of sp³-hybridized carbons (Fsp3) is 0.326. The number of rotatable bonds is 12. The van der Waals surface area contributed by atoms with Crippen LogP contribution in [0.25, 0.3) is 49.9 Å². The summed E-state index contributed by atoms with van der Waals surface area (Å²) in [7, 11) is 0. The minimum absolute atomic E-state index is 0.229. The molecule has 55 heavy (non-hydrogen) atoms. The number of unbranched alkanes of at least 4 members (excludes halogenated alkanes) is 5. The number of aliphatic hydroxyl groups excluding tert-OH is 2. The van der Waals surface area contributed by atoms with E-state index in [0.717, 1.165) is 45.9 Å². The lowest BCUT2D eigenvalue weighted by molar-refractivity contribution is -0.325. The Balaban J connectivity index is 0.970. The van der Waals surface area contributed by atoms with E-state index in [2.05, 4.69) is 76.0 Å². The first-order valence-electron chi connectivity index (χ1n) is 19.8. The Bertz CT molecular complexity index is 2390. The first kappa shape index (κ1) is 35.7. The average molecular weight is 737 g/mol. The van der Waals surface area contributed by atoms with Gasteiger partial charge in [-0.05, 0) is 67.1 Å². The summed E-state index contributed by atoms with van der Waals surface area (Å²) >= 11 is 0. The highest BCUT2D eigenvalue weighted by atomic mass is 16.7. The fourth-order valence-corrected chi connectivity index (χ4v) is 8.35. The zero-order valence-electron chi connectivity index (χ0n) is 31.1. The van der Waals surface area contributed by atoms with E-state index in [1.165, 1.54) is 60.3 Å². The summed E-state index contributed by atoms with van der Waals surface area (Å²) in [5, 5.41) is 28.0. The van der Waals surface area contributed by atoms with Crippen LogP contribution in [0, 0.1) is 0 Å². The van der Waals surface area contributed by atoms with Gasteiger partial charge in [0.05, 0.1) is 17.6 Å². The van der Waals surface area contributed by atoms with Gasteiger partial charge in [0, 0.05) is 50.9 Å². The van der Waals surface area contributed by atoms with Crippen molar-refractivity contribution in [1.82, 2.24) is 14.1 Å². The van der Waals surface area contributed by atoms with E-state index in [4.69, 9.17) is 19.2 Å². The third-order valence-electron chi connectivity index (χ3n) is 11.2. The maximum absolute atomic E-state index is 11.1. The Morgan fingerprint density at radius 1 is 0.709 bits per heavy atom. The number of ether oxygens (including phenoxy) is 3. The van der Waals surface area contributed by atoms with E-state index in [-0.39, 0.29) is 6.61 Å². The average Bonchev–Trinajstić information content (AvgIpc) is 3.77. The van der Waals surface area contributed by atoms with E-state index >= 15 is 0 Å². The van der Waals surface area contributed by atoms with Gasteiger partial charge in [0.2, 0.25) is 0 Å². The van der Waals surface area contributed by atoms with Crippen molar-refractivity contribution in [3.63, 3.8) is 0 Å². The van der Waals surface area contributed by atoms with Gasteiger partial charge in [0.25, 0.3) is 0 Å². The third-order valence-corrected chi connectivity index (χ3v) is 11.2. The van der Waals surface area contributed by atoms with Gasteiger partial charge in [-0.1, -0.05) is 99.7 Å². The second-order valence-corrected chi connectivity index (χ2v) is 14.9. The molecular weight excluding hydrogens is 689 g/mol. The van der Waals surface area contributed by atoms with Crippen molar-refractivity contribution >= 4 is 38.5 Å². The summed E-state index contributed by atoms with van der Waals surface area (Å²) in [5.41, 5.74) is 8.03. The summed E-state index contributed by atoms with van der Waals surface area (Å²) < 4.78 is 22.9. The Morgan fingerprint density at radius 2 is 1.44 bits per heavy atom. The van der Waals surface area contributed by atoms with Crippen molar-refractivity contribution in [2.24, 2.45) is 0 Å². The zero-order chi connectivity index (χ0) is 37.3. The molecule has 2 aromatic heterocycles. The molecule has 0 radical (unpaired) electrons. The molecule has 0 amide bonds. The van der Waals surface area contributed by atoms with Crippen LogP contribution in [0.15, 0.2) is 121 Å². The van der Waals surface area contributed by atoms with E-state index in [1.54, 1.807) is 0 Å². The Morgan fingerprint density at radius 3 is 2.27 bits per heavy atom. The minimum atomic E-state index is -1.22. The molecule has 282 valence electrons. The van der Waals surface area contributed by atoms with Crippen molar-refractivity contribution < 1.29 is 24.4 Å². The van der Waals surface area contributed by atoms with E-state index in [0.29, 0.717) is 0 Å². The highest BCUT2D eigenvalue weighted by Crippen LogP contribution is 2.37. The molecule has 1 unspecified atom stereocenters. The maximum Gasteiger partial charge on any atom is 0.184 e. The van der Waals surface area contributed by atoms with Crippen molar-refractivity contribution in [2.45, 2.75) is 88.9 Å². The predicted octanol–water partition coefficient (Wildman–Crippen LogP) is 9.13. The molecule has 2 aliphatic heterocycles. The van der Waals surface area contributed by atoms with Crippen LogP contribution in [0.5, 0.6) is 0 Å². The van der Waals surface area contributed by atoms with Crippen LogP contribution >= 0.6 is 0 Å². The molecule has 2 fully saturated rings. The number of aryl methyl sites for hydroxylation is 1. The second kappa shape index (κ2) is 15.6. The number of aromatic nitrogens is 3.